The van der Waals surface area contributed by atoms with E-state index in [1.165, 1.54) is 36.2 Å². The number of ether oxygens (including phenoxy) is 2. The smallest absolute Gasteiger partial charge is 0.268 e. The summed E-state index contributed by atoms with van der Waals surface area (Å²) in [4.78, 5) is 99.6. The molecule has 4 aromatic rings. The first-order valence-electron chi connectivity index (χ1n) is 19.2. The average molecular weight is 839 g/mol. The summed E-state index contributed by atoms with van der Waals surface area (Å²) in [5.74, 6) is -4.75. The zero-order valence-corrected chi connectivity index (χ0v) is 33.6. The fourth-order valence-electron chi connectivity index (χ4n) is 7.91. The van der Waals surface area contributed by atoms with Crippen LogP contribution in [0.15, 0.2) is 90.6 Å². The van der Waals surface area contributed by atoms with Crippen LogP contribution in [-0.4, -0.2) is 117 Å². The molecule has 0 aromatic heterocycles. The number of fused-ring (bicyclic) bond motifs is 4. The van der Waals surface area contributed by atoms with E-state index in [0.717, 1.165) is 20.9 Å². The van der Waals surface area contributed by atoms with E-state index in [1.54, 1.807) is 62.4 Å². The molecule has 314 valence electrons. The van der Waals surface area contributed by atoms with Crippen LogP contribution >= 0.6 is 0 Å². The van der Waals surface area contributed by atoms with Crippen molar-refractivity contribution >= 4 is 53.3 Å². The largest absolute Gasteiger partial charge is 0.377 e. The molecule has 1 unspecified atom stereocenters. The number of aliphatic hydroxyl groups is 1. The molecule has 0 spiro atoms. The summed E-state index contributed by atoms with van der Waals surface area (Å²) in [6.45, 7) is 6.63. The number of rotatable bonds is 11. The molecule has 4 aliphatic heterocycles. The number of guanidine groups is 2. The molecule has 62 heavy (non-hydrogen) atoms. The Hall–Kier alpha value is -7.67. The second-order valence-electron chi connectivity index (χ2n) is 15.0. The highest BCUT2D eigenvalue weighted by Gasteiger charge is 2.46. The van der Waals surface area contributed by atoms with Crippen molar-refractivity contribution in [3.8, 4) is 22.3 Å². The van der Waals surface area contributed by atoms with Crippen molar-refractivity contribution in [1.29, 1.82) is 5.41 Å². The topological polar surface area (TPSA) is 245 Å². The number of nitrogens with zero attached hydrogens (tertiary/aromatic N) is 5. The molecule has 0 aliphatic carbocycles. The number of imide groups is 3. The number of carbonyl (C=O) groups is 7. The van der Waals surface area contributed by atoms with Crippen LogP contribution < -0.4 is 11.1 Å². The third-order valence-electron chi connectivity index (χ3n) is 11.1. The number of hydrogen-bond donors (Lipinski definition) is 4. The maximum Gasteiger partial charge on any atom is 0.268 e. The van der Waals surface area contributed by atoms with Gasteiger partial charge in [-0.2, -0.15) is 0 Å². The second-order valence-corrected chi connectivity index (χ2v) is 15.0. The van der Waals surface area contributed by atoms with E-state index in [9.17, 15) is 38.7 Å². The standard InChI is InChI=1S/C44H38N8O10/c1-5-48-43(46)51-37(56)28-12-8-23(20-32(28)39(51)58)22-6-10-26-30(18-22)35(54)49(34(26)53)14-15-61-16-17-62-44(2,3)52-40(59)29-13-9-25(21-33(29)41(52)60)24-7-11-27-31(19-24)38(57)50(36(27)55)42(45)47-4/h5-13,18-21,35,54H,1,14-17H2,2-4H3,(H2,45,47)(H2,46,48). The number of aliphatic imine (C=N–C) groups is 1. The van der Waals surface area contributed by atoms with Crippen LogP contribution in [0.4, 0.5) is 0 Å². The first-order valence-corrected chi connectivity index (χ1v) is 19.2. The van der Waals surface area contributed by atoms with Crippen molar-refractivity contribution in [2.75, 3.05) is 33.4 Å². The zero-order chi connectivity index (χ0) is 44.4. The third-order valence-corrected chi connectivity index (χ3v) is 11.1. The highest BCUT2D eigenvalue weighted by molar-refractivity contribution is 6.30. The molecule has 0 saturated carbocycles. The van der Waals surface area contributed by atoms with Crippen LogP contribution in [0.1, 0.15) is 98.1 Å². The van der Waals surface area contributed by atoms with Gasteiger partial charge >= 0.3 is 0 Å². The Morgan fingerprint density at radius 2 is 1.18 bits per heavy atom. The monoisotopic (exact) mass is 838 g/mol. The van der Waals surface area contributed by atoms with Gasteiger partial charge in [0.25, 0.3) is 41.4 Å². The second kappa shape index (κ2) is 15.4. The third kappa shape index (κ3) is 6.53. The summed E-state index contributed by atoms with van der Waals surface area (Å²) in [7, 11) is 1.43. The Balaban J connectivity index is 0.857. The number of aliphatic hydroxyl groups excluding tert-OH is 1. The highest BCUT2D eigenvalue weighted by Crippen LogP contribution is 2.37. The minimum atomic E-state index is -1.40. The maximum absolute atomic E-state index is 13.7. The lowest BCUT2D eigenvalue weighted by Crippen LogP contribution is -2.49. The zero-order valence-electron chi connectivity index (χ0n) is 33.6. The Kier molecular flexibility index (Phi) is 10.2. The summed E-state index contributed by atoms with van der Waals surface area (Å²) >= 11 is 0. The molecule has 8 rings (SSSR count). The predicted molar refractivity (Wildman–Crippen MR) is 221 cm³/mol. The number of nitrogens with one attached hydrogen (secondary N) is 2. The number of nitrogens with two attached hydrogens (primary N) is 1. The lowest BCUT2D eigenvalue weighted by atomic mass is 9.97. The van der Waals surface area contributed by atoms with Gasteiger partial charge in [0.15, 0.2) is 6.23 Å². The van der Waals surface area contributed by atoms with Gasteiger partial charge in [-0.05, 0) is 84.6 Å². The van der Waals surface area contributed by atoms with Crippen LogP contribution in [0.3, 0.4) is 0 Å². The van der Waals surface area contributed by atoms with Gasteiger partial charge in [-0.15, -0.1) is 0 Å². The highest BCUT2D eigenvalue weighted by atomic mass is 16.5. The number of amides is 7. The van der Waals surface area contributed by atoms with E-state index in [1.807, 2.05) is 0 Å². The van der Waals surface area contributed by atoms with Crippen molar-refractivity contribution in [1.82, 2.24) is 24.9 Å². The normalized spacial score (nSPS) is 17.0. The molecule has 5 N–H and O–H groups in total. The molecule has 1 atom stereocenters. The minimum absolute atomic E-state index is 0.0253. The van der Waals surface area contributed by atoms with E-state index in [0.29, 0.717) is 33.4 Å². The first kappa shape index (κ1) is 41.1. The quantitative estimate of drug-likeness (QED) is 0.0736. The molecule has 0 saturated heterocycles. The van der Waals surface area contributed by atoms with Crippen LogP contribution in [0.2, 0.25) is 0 Å². The fraction of sp³-hybridized carbons (Fsp3) is 0.205. The predicted octanol–water partition coefficient (Wildman–Crippen LogP) is 3.34. The Morgan fingerprint density at radius 1 is 0.710 bits per heavy atom. The van der Waals surface area contributed by atoms with E-state index in [-0.39, 0.29) is 71.7 Å². The Morgan fingerprint density at radius 3 is 1.74 bits per heavy atom. The molecule has 4 aliphatic rings. The molecule has 4 aromatic carbocycles. The van der Waals surface area contributed by atoms with Crippen molar-refractivity contribution in [2.45, 2.75) is 25.8 Å². The van der Waals surface area contributed by atoms with Gasteiger partial charge in [0.2, 0.25) is 11.9 Å². The summed E-state index contributed by atoms with van der Waals surface area (Å²) in [5.41, 5.74) is 8.13. The summed E-state index contributed by atoms with van der Waals surface area (Å²) in [6.07, 6.45) is -0.161. The first-order chi connectivity index (χ1) is 29.6. The van der Waals surface area contributed by atoms with Gasteiger partial charge in [0, 0.05) is 30.9 Å². The van der Waals surface area contributed by atoms with Crippen LogP contribution in [0.25, 0.3) is 22.3 Å². The Bertz CT molecular complexity index is 2760. The van der Waals surface area contributed by atoms with Gasteiger partial charge in [-0.1, -0.05) is 30.8 Å². The van der Waals surface area contributed by atoms with E-state index >= 15 is 0 Å². The summed E-state index contributed by atoms with van der Waals surface area (Å²) in [6, 6.07) is 18.9. The van der Waals surface area contributed by atoms with Gasteiger partial charge in [0.05, 0.1) is 53.2 Å². The lowest BCUT2D eigenvalue weighted by molar-refractivity contribution is -0.110. The maximum atomic E-state index is 13.7. The SMILES string of the molecule is C=C/N=C(\N)N1C(=O)c2ccc(-c3ccc4c(c3)C(O)N(CCOCCOC(C)(C)N3C(=O)c5ccc(-c6ccc7c(c6)C(=O)N(C(=N)NC)C7=O)cc5C3=O)C4=O)cc2C1=O. The van der Waals surface area contributed by atoms with Gasteiger partial charge in [-0.25, -0.2) is 19.7 Å². The van der Waals surface area contributed by atoms with Crippen molar-refractivity contribution < 1.29 is 48.1 Å². The molecule has 0 bridgehead atoms. The molecular weight excluding hydrogens is 801 g/mol. The van der Waals surface area contributed by atoms with Gasteiger partial charge in [0.1, 0.15) is 5.72 Å². The summed E-state index contributed by atoms with van der Waals surface area (Å²) < 4.78 is 11.7. The van der Waals surface area contributed by atoms with E-state index < -0.39 is 53.3 Å². The van der Waals surface area contributed by atoms with Gasteiger partial charge < -0.3 is 30.5 Å². The van der Waals surface area contributed by atoms with E-state index in [4.69, 9.17) is 20.6 Å². The number of benzene rings is 4. The lowest BCUT2D eigenvalue weighted by Gasteiger charge is -2.33. The van der Waals surface area contributed by atoms with Crippen LogP contribution in [0.5, 0.6) is 0 Å². The van der Waals surface area contributed by atoms with Crippen molar-refractivity contribution in [2.24, 2.45) is 10.7 Å². The Labute approximate surface area is 353 Å². The van der Waals surface area contributed by atoms with E-state index in [2.05, 4.69) is 16.9 Å². The minimum Gasteiger partial charge on any atom is -0.377 e. The molecular formula is C44H38N8O10. The molecule has 4 heterocycles. The van der Waals surface area contributed by atoms with Crippen molar-refractivity contribution in [3.05, 3.63) is 130 Å². The van der Waals surface area contributed by atoms with Crippen LogP contribution in [-0.2, 0) is 9.47 Å². The molecule has 18 heteroatoms. The van der Waals surface area contributed by atoms with Crippen LogP contribution in [0, 0.1) is 5.41 Å². The molecule has 0 fully saturated rings. The molecule has 7 amide bonds. The summed E-state index contributed by atoms with van der Waals surface area (Å²) in [5, 5.41) is 21.6. The molecule has 18 nitrogen and oxygen atoms in total. The number of hydrogen-bond acceptors (Lipinski definition) is 12. The average Bonchev–Trinajstić information content (AvgIpc) is 3.86. The molecule has 0 radical (unpaired) electrons. The van der Waals surface area contributed by atoms with Gasteiger partial charge in [-0.3, -0.25) is 39.0 Å². The fourth-order valence-corrected chi connectivity index (χ4v) is 7.91. The van der Waals surface area contributed by atoms with Crippen molar-refractivity contribution in [3.63, 3.8) is 0 Å². The number of carbonyl (C=O) groups excluding carboxylic acids is 7.